The minimum absolute atomic E-state index is 0.171. The molecule has 2 aliphatic heterocycles. The van der Waals surface area contributed by atoms with Crippen molar-refractivity contribution >= 4 is 12.0 Å². The molecule has 2 amide bonds. The van der Waals surface area contributed by atoms with E-state index in [9.17, 15) is 14.7 Å². The lowest BCUT2D eigenvalue weighted by molar-refractivity contribution is -0.149. The van der Waals surface area contributed by atoms with Crippen molar-refractivity contribution in [2.24, 2.45) is 0 Å². The van der Waals surface area contributed by atoms with E-state index in [0.29, 0.717) is 45.3 Å². The van der Waals surface area contributed by atoms with Crippen molar-refractivity contribution in [2.45, 2.75) is 56.8 Å². The molecule has 0 saturated carbocycles. The van der Waals surface area contributed by atoms with Crippen molar-refractivity contribution in [3.8, 4) is 0 Å². The van der Waals surface area contributed by atoms with Crippen LogP contribution in [0.1, 0.15) is 39.0 Å². The number of nitrogens with zero attached hydrogens (tertiary/aromatic N) is 1. The molecule has 2 heterocycles. The summed E-state index contributed by atoms with van der Waals surface area (Å²) in [5.41, 5.74) is -0.696. The highest BCUT2D eigenvalue weighted by molar-refractivity contribution is 5.74. The van der Waals surface area contributed by atoms with Crippen LogP contribution in [0.5, 0.6) is 0 Å². The normalized spacial score (nSPS) is 33.5. The molecule has 7 nitrogen and oxygen atoms in total. The summed E-state index contributed by atoms with van der Waals surface area (Å²) in [6.45, 7) is 3.29. The van der Waals surface area contributed by atoms with E-state index < -0.39 is 17.7 Å². The van der Waals surface area contributed by atoms with Crippen molar-refractivity contribution in [1.29, 1.82) is 0 Å². The first-order valence-corrected chi connectivity index (χ1v) is 7.51. The zero-order valence-corrected chi connectivity index (χ0v) is 12.4. The summed E-state index contributed by atoms with van der Waals surface area (Å²) >= 11 is 0. The maximum Gasteiger partial charge on any atom is 0.332 e. The largest absolute Gasteiger partial charge is 0.479 e. The summed E-state index contributed by atoms with van der Waals surface area (Å²) < 4.78 is 5.35. The first kappa shape index (κ1) is 16.0. The van der Waals surface area contributed by atoms with Gasteiger partial charge in [0, 0.05) is 19.6 Å². The van der Waals surface area contributed by atoms with Crippen LogP contribution in [-0.2, 0) is 9.53 Å². The maximum absolute atomic E-state index is 12.1. The molecule has 0 spiro atoms. The van der Waals surface area contributed by atoms with E-state index >= 15 is 0 Å². The Morgan fingerprint density at radius 3 is 2.76 bits per heavy atom. The number of aliphatic carboxylic acids is 1. The number of aliphatic hydroxyl groups is 1. The van der Waals surface area contributed by atoms with E-state index in [2.05, 4.69) is 5.32 Å². The summed E-state index contributed by atoms with van der Waals surface area (Å²) in [6.07, 6.45) is 2.20. The molecule has 2 rings (SSSR count). The van der Waals surface area contributed by atoms with Gasteiger partial charge in [-0.05, 0) is 39.0 Å². The van der Waals surface area contributed by atoms with Crippen LogP contribution in [-0.4, -0.2) is 64.6 Å². The van der Waals surface area contributed by atoms with Crippen LogP contribution in [0.25, 0.3) is 0 Å². The van der Waals surface area contributed by atoms with Gasteiger partial charge >= 0.3 is 12.0 Å². The van der Waals surface area contributed by atoms with Gasteiger partial charge in [0.05, 0.1) is 11.7 Å². The van der Waals surface area contributed by atoms with Crippen LogP contribution >= 0.6 is 0 Å². The molecular weight excluding hydrogens is 276 g/mol. The molecule has 3 atom stereocenters. The number of urea groups is 1. The fraction of sp³-hybridized carbons (Fsp3) is 0.857. The molecule has 2 fully saturated rings. The fourth-order valence-electron chi connectivity index (χ4n) is 2.82. The SMILES string of the molecule is CC1(O)CCCN(C(=O)NCC2CCC(C(=O)O)O2)CC1. The number of amides is 2. The van der Waals surface area contributed by atoms with Crippen LogP contribution in [0, 0.1) is 0 Å². The molecule has 0 aliphatic carbocycles. The fourth-order valence-corrected chi connectivity index (χ4v) is 2.82. The van der Waals surface area contributed by atoms with Crippen LogP contribution in [0.4, 0.5) is 4.79 Å². The lowest BCUT2D eigenvalue weighted by Crippen LogP contribution is -2.43. The van der Waals surface area contributed by atoms with Gasteiger partial charge in [0.15, 0.2) is 6.10 Å². The van der Waals surface area contributed by atoms with Gasteiger partial charge in [-0.25, -0.2) is 9.59 Å². The molecule has 21 heavy (non-hydrogen) atoms. The van der Waals surface area contributed by atoms with Crippen molar-refractivity contribution in [3.63, 3.8) is 0 Å². The van der Waals surface area contributed by atoms with E-state index in [1.165, 1.54) is 0 Å². The summed E-state index contributed by atoms with van der Waals surface area (Å²) in [4.78, 5) is 24.6. The number of nitrogens with one attached hydrogen (secondary N) is 1. The molecule has 7 heteroatoms. The van der Waals surface area contributed by atoms with Crippen molar-refractivity contribution in [1.82, 2.24) is 10.2 Å². The second-order valence-corrected chi connectivity index (χ2v) is 6.19. The third-order valence-corrected chi connectivity index (χ3v) is 4.21. The summed E-state index contributed by atoms with van der Waals surface area (Å²) in [7, 11) is 0. The third kappa shape index (κ3) is 4.57. The molecule has 0 bridgehead atoms. The lowest BCUT2D eigenvalue weighted by atomic mass is 9.98. The number of likely N-dealkylation sites (tertiary alicyclic amines) is 1. The van der Waals surface area contributed by atoms with Gasteiger partial charge in [0.2, 0.25) is 0 Å². The molecule has 2 aliphatic rings. The van der Waals surface area contributed by atoms with Gasteiger partial charge in [-0.3, -0.25) is 0 Å². The van der Waals surface area contributed by atoms with Gasteiger partial charge in [0.1, 0.15) is 0 Å². The Labute approximate surface area is 124 Å². The number of hydrogen-bond donors (Lipinski definition) is 3. The predicted molar refractivity (Wildman–Crippen MR) is 75.0 cm³/mol. The van der Waals surface area contributed by atoms with Gasteiger partial charge in [-0.15, -0.1) is 0 Å². The number of rotatable bonds is 3. The number of hydrogen-bond acceptors (Lipinski definition) is 4. The van der Waals surface area contributed by atoms with E-state index in [0.717, 1.165) is 6.42 Å². The highest BCUT2D eigenvalue weighted by Gasteiger charge is 2.31. The zero-order valence-electron chi connectivity index (χ0n) is 12.4. The number of carbonyl (C=O) groups is 2. The molecule has 120 valence electrons. The van der Waals surface area contributed by atoms with Crippen LogP contribution < -0.4 is 5.32 Å². The average molecular weight is 300 g/mol. The lowest BCUT2D eigenvalue weighted by Gasteiger charge is -2.23. The molecular formula is C14H24N2O5. The van der Waals surface area contributed by atoms with Gasteiger partial charge in [-0.2, -0.15) is 0 Å². The standard InChI is InChI=1S/C14H24N2O5/c1-14(20)5-2-7-16(8-6-14)13(19)15-9-10-3-4-11(21-10)12(17)18/h10-11,20H,2-9H2,1H3,(H,15,19)(H,17,18). The van der Waals surface area contributed by atoms with Crippen LogP contribution in [0.2, 0.25) is 0 Å². The Hall–Kier alpha value is -1.34. The van der Waals surface area contributed by atoms with Crippen LogP contribution in [0.3, 0.4) is 0 Å². The third-order valence-electron chi connectivity index (χ3n) is 4.21. The van der Waals surface area contributed by atoms with E-state index in [4.69, 9.17) is 9.84 Å². The molecule has 3 N–H and O–H groups in total. The summed E-state index contributed by atoms with van der Waals surface area (Å²) in [6, 6.07) is -0.171. The predicted octanol–water partition coefficient (Wildman–Crippen LogP) is 0.565. The smallest absolute Gasteiger partial charge is 0.332 e. The van der Waals surface area contributed by atoms with Crippen molar-refractivity contribution < 1.29 is 24.5 Å². The monoisotopic (exact) mass is 300 g/mol. The second kappa shape index (κ2) is 6.62. The van der Waals surface area contributed by atoms with Gasteiger partial charge in [-0.1, -0.05) is 0 Å². The Morgan fingerprint density at radius 1 is 1.33 bits per heavy atom. The quantitative estimate of drug-likeness (QED) is 0.707. The number of carboxylic acids is 1. The first-order valence-electron chi connectivity index (χ1n) is 7.51. The van der Waals surface area contributed by atoms with Crippen LogP contribution in [0.15, 0.2) is 0 Å². The first-order chi connectivity index (χ1) is 9.87. The summed E-state index contributed by atoms with van der Waals surface area (Å²) in [5, 5.41) is 21.6. The minimum Gasteiger partial charge on any atom is -0.479 e. The van der Waals surface area contributed by atoms with E-state index in [-0.39, 0.29) is 12.1 Å². The topological polar surface area (TPSA) is 99.1 Å². The van der Waals surface area contributed by atoms with Crippen molar-refractivity contribution in [2.75, 3.05) is 19.6 Å². The molecule has 0 aromatic heterocycles. The molecule has 2 saturated heterocycles. The number of ether oxygens (including phenoxy) is 1. The van der Waals surface area contributed by atoms with Crippen molar-refractivity contribution in [3.05, 3.63) is 0 Å². The Bertz CT molecular complexity index is 399. The molecule has 3 unspecified atom stereocenters. The minimum atomic E-state index is -0.946. The van der Waals surface area contributed by atoms with Gasteiger partial charge < -0.3 is 25.2 Å². The highest BCUT2D eigenvalue weighted by atomic mass is 16.5. The number of carboxylic acid groups (broad SMARTS) is 1. The molecule has 0 radical (unpaired) electrons. The average Bonchev–Trinajstić information content (AvgIpc) is 2.81. The highest BCUT2D eigenvalue weighted by Crippen LogP contribution is 2.22. The Balaban J connectivity index is 1.74. The Morgan fingerprint density at radius 2 is 2.10 bits per heavy atom. The second-order valence-electron chi connectivity index (χ2n) is 6.19. The molecule has 0 aromatic rings. The Kier molecular flexibility index (Phi) is 5.05. The molecule has 0 aromatic carbocycles. The van der Waals surface area contributed by atoms with E-state index in [1.54, 1.807) is 11.8 Å². The van der Waals surface area contributed by atoms with E-state index in [1.807, 2.05) is 0 Å². The zero-order chi connectivity index (χ0) is 15.5. The maximum atomic E-state index is 12.1. The number of carbonyl (C=O) groups excluding carboxylic acids is 1. The summed E-state index contributed by atoms with van der Waals surface area (Å²) in [5.74, 6) is -0.946. The van der Waals surface area contributed by atoms with Gasteiger partial charge in [0.25, 0.3) is 0 Å².